The van der Waals surface area contributed by atoms with Gasteiger partial charge in [0.25, 0.3) is 0 Å². The number of aliphatic imine (C=N–C) groups is 1. The van der Waals surface area contributed by atoms with Gasteiger partial charge < -0.3 is 20.4 Å². The summed E-state index contributed by atoms with van der Waals surface area (Å²) in [5.74, 6) is -3.77. The molecule has 1 atom stereocenters. The van der Waals surface area contributed by atoms with Gasteiger partial charge in [0.15, 0.2) is 0 Å². The first-order chi connectivity index (χ1) is 18.0. The molecule has 0 aromatic heterocycles. The maximum absolute atomic E-state index is 11.8. The lowest BCUT2D eigenvalue weighted by atomic mass is 9.82. The van der Waals surface area contributed by atoms with E-state index in [1.807, 2.05) is 4.90 Å². The second-order valence-electron chi connectivity index (χ2n) is 10.1. The van der Waals surface area contributed by atoms with Gasteiger partial charge in [-0.1, -0.05) is 0 Å². The van der Waals surface area contributed by atoms with Crippen LogP contribution in [0.5, 0.6) is 0 Å². The molecule has 1 aliphatic carbocycles. The van der Waals surface area contributed by atoms with Crippen molar-refractivity contribution in [3.63, 3.8) is 0 Å². The molecule has 0 bridgehead atoms. The van der Waals surface area contributed by atoms with E-state index in [1.54, 1.807) is 14.7 Å². The average Bonchev–Trinajstić information content (AvgIpc) is 2.82. The monoisotopic (exact) mass is 557 g/mol. The van der Waals surface area contributed by atoms with E-state index in [0.717, 1.165) is 25.7 Å². The summed E-state index contributed by atoms with van der Waals surface area (Å²) in [6.07, 6.45) is 4.15. The van der Waals surface area contributed by atoms with Crippen molar-refractivity contribution in [2.24, 2.45) is 10.9 Å². The van der Waals surface area contributed by atoms with Crippen molar-refractivity contribution in [2.75, 3.05) is 72.0 Å². The van der Waals surface area contributed by atoms with Gasteiger partial charge in [0.05, 0.1) is 37.4 Å². The van der Waals surface area contributed by atoms with E-state index in [0.29, 0.717) is 18.9 Å². The summed E-state index contributed by atoms with van der Waals surface area (Å²) in [6, 6.07) is -0.136. The molecule has 13 nitrogen and oxygen atoms in total. The Hall–Kier alpha value is -2.48. The van der Waals surface area contributed by atoms with Crippen molar-refractivity contribution in [1.29, 1.82) is 0 Å². The topological polar surface area (TPSA) is 175 Å². The fourth-order valence-electron chi connectivity index (χ4n) is 5.35. The van der Waals surface area contributed by atoms with Gasteiger partial charge in [0.1, 0.15) is 0 Å². The number of isothiocyanates is 1. The third-order valence-corrected chi connectivity index (χ3v) is 7.33. The van der Waals surface area contributed by atoms with Crippen LogP contribution >= 0.6 is 12.2 Å². The summed E-state index contributed by atoms with van der Waals surface area (Å²) >= 11 is 4.73. The van der Waals surface area contributed by atoms with Crippen LogP contribution in [0, 0.1) is 5.92 Å². The number of carbonyl (C=O) groups is 4. The summed E-state index contributed by atoms with van der Waals surface area (Å²) in [7, 11) is 0. The predicted octanol–water partition coefficient (Wildman–Crippen LogP) is -0.0333. The smallest absolute Gasteiger partial charge is 0.317 e. The molecule has 2 fully saturated rings. The minimum absolute atomic E-state index is 0.142. The fourth-order valence-corrected chi connectivity index (χ4v) is 5.50. The zero-order valence-electron chi connectivity index (χ0n) is 21.6. The molecule has 1 saturated carbocycles. The van der Waals surface area contributed by atoms with Gasteiger partial charge >= 0.3 is 23.9 Å². The molecule has 1 unspecified atom stereocenters. The van der Waals surface area contributed by atoms with Gasteiger partial charge in [-0.2, -0.15) is 0 Å². The highest BCUT2D eigenvalue weighted by Crippen LogP contribution is 2.30. The number of hydrogen-bond donors (Lipinski definition) is 4. The quantitative estimate of drug-likeness (QED) is 0.197. The number of hydrogen-bond acceptors (Lipinski definition) is 10. The van der Waals surface area contributed by atoms with Gasteiger partial charge in [-0.3, -0.25) is 38.8 Å². The summed E-state index contributed by atoms with van der Waals surface area (Å²) in [4.78, 5) is 57.5. The molecule has 0 radical (unpaired) electrons. The van der Waals surface area contributed by atoms with Crippen LogP contribution in [0.15, 0.2) is 4.99 Å². The van der Waals surface area contributed by atoms with Crippen molar-refractivity contribution in [2.45, 2.75) is 44.2 Å². The van der Waals surface area contributed by atoms with Crippen LogP contribution in [-0.2, 0) is 19.2 Å². The van der Waals surface area contributed by atoms with E-state index in [9.17, 15) is 39.6 Å². The summed E-state index contributed by atoms with van der Waals surface area (Å²) in [5.41, 5.74) is 0. The molecule has 14 heteroatoms. The van der Waals surface area contributed by atoms with Crippen molar-refractivity contribution < 1.29 is 39.6 Å². The van der Waals surface area contributed by atoms with Crippen LogP contribution in [0.3, 0.4) is 0 Å². The molecule has 0 aromatic carbocycles. The van der Waals surface area contributed by atoms with E-state index >= 15 is 0 Å². The number of aliphatic carboxylic acids is 4. The van der Waals surface area contributed by atoms with Crippen molar-refractivity contribution in [3.05, 3.63) is 0 Å². The highest BCUT2D eigenvalue weighted by Gasteiger charge is 2.30. The third kappa shape index (κ3) is 12.4. The van der Waals surface area contributed by atoms with Crippen LogP contribution in [0.1, 0.15) is 32.1 Å². The lowest BCUT2D eigenvalue weighted by molar-refractivity contribution is -0.142. The van der Waals surface area contributed by atoms with Crippen LogP contribution in [0.4, 0.5) is 0 Å². The Balaban J connectivity index is 2.31. The SMILES string of the molecule is O=C(O)CN1CCN(CC(=O)O)CCN(CC(=O)O)C(CC2CCC(N=C=S)CC2)CN(CC(=O)O)CC1. The van der Waals surface area contributed by atoms with Gasteiger partial charge in [0, 0.05) is 51.9 Å². The first kappa shape index (κ1) is 31.7. The van der Waals surface area contributed by atoms with Crippen LogP contribution in [-0.4, -0.2) is 153 Å². The highest BCUT2D eigenvalue weighted by molar-refractivity contribution is 7.78. The number of rotatable bonds is 11. The molecule has 1 heterocycles. The number of carboxylic acid groups (broad SMARTS) is 4. The molecule has 2 aliphatic rings. The maximum Gasteiger partial charge on any atom is 0.317 e. The Morgan fingerprint density at radius 2 is 1.13 bits per heavy atom. The van der Waals surface area contributed by atoms with Crippen molar-refractivity contribution in [1.82, 2.24) is 19.6 Å². The largest absolute Gasteiger partial charge is 0.480 e. The predicted molar refractivity (Wildman–Crippen MR) is 141 cm³/mol. The number of thiocarbonyl (C=S) groups is 1. The molecule has 38 heavy (non-hydrogen) atoms. The number of carboxylic acids is 4. The molecule has 1 saturated heterocycles. The lowest BCUT2D eigenvalue weighted by Gasteiger charge is -2.39. The normalized spacial score (nSPS) is 25.4. The maximum atomic E-state index is 11.8. The Morgan fingerprint density at radius 1 is 0.684 bits per heavy atom. The molecule has 0 amide bonds. The Labute approximate surface area is 227 Å². The molecule has 1 aliphatic heterocycles. The molecule has 4 N–H and O–H groups in total. The molecule has 0 spiro atoms. The standard InChI is InChI=1S/C24H39N5O8S/c30-21(31)13-26-5-6-27(14-22(32)33)9-10-29(16-24(36)37)20(12-28(8-7-26)15-23(34)35)11-18-1-3-19(4-2-18)25-17-38/h18-20H,1-16H2,(H,30,31)(H,32,33)(H,34,35)(H,36,37). The van der Waals surface area contributed by atoms with E-state index in [1.165, 1.54) is 0 Å². The second-order valence-corrected chi connectivity index (χ2v) is 10.3. The van der Waals surface area contributed by atoms with Crippen LogP contribution in [0.25, 0.3) is 0 Å². The highest BCUT2D eigenvalue weighted by atomic mass is 32.1. The fraction of sp³-hybridized carbons (Fsp3) is 0.792. The minimum Gasteiger partial charge on any atom is -0.480 e. The Kier molecular flexibility index (Phi) is 13.8. The van der Waals surface area contributed by atoms with E-state index < -0.39 is 23.9 Å². The third-order valence-electron chi connectivity index (χ3n) is 7.23. The summed E-state index contributed by atoms with van der Waals surface area (Å²) in [6.45, 7) is 1.02. The van der Waals surface area contributed by atoms with E-state index in [4.69, 9.17) is 12.2 Å². The number of nitrogens with zero attached hydrogens (tertiary/aromatic N) is 5. The van der Waals surface area contributed by atoms with Crippen LogP contribution in [0.2, 0.25) is 0 Å². The van der Waals surface area contributed by atoms with Crippen molar-refractivity contribution in [3.8, 4) is 0 Å². The van der Waals surface area contributed by atoms with E-state index in [2.05, 4.69) is 10.2 Å². The first-order valence-corrected chi connectivity index (χ1v) is 13.3. The molecular formula is C24H39N5O8S. The molecule has 214 valence electrons. The van der Waals surface area contributed by atoms with Crippen molar-refractivity contribution >= 4 is 41.3 Å². The Bertz CT molecular complexity index is 863. The first-order valence-electron chi connectivity index (χ1n) is 12.9. The molecular weight excluding hydrogens is 518 g/mol. The zero-order chi connectivity index (χ0) is 28.1. The van der Waals surface area contributed by atoms with Gasteiger partial charge in [-0.25, -0.2) is 4.99 Å². The second kappa shape index (κ2) is 16.5. The lowest BCUT2D eigenvalue weighted by Crippen LogP contribution is -2.53. The van der Waals surface area contributed by atoms with E-state index in [-0.39, 0.29) is 77.5 Å². The molecule has 2 rings (SSSR count). The van der Waals surface area contributed by atoms with Gasteiger partial charge in [0.2, 0.25) is 0 Å². The minimum atomic E-state index is -1.02. The van der Waals surface area contributed by atoms with Crippen LogP contribution < -0.4 is 0 Å². The van der Waals surface area contributed by atoms with Gasteiger partial charge in [-0.15, -0.1) is 0 Å². The molecule has 0 aromatic rings. The summed E-state index contributed by atoms with van der Waals surface area (Å²) in [5, 5.41) is 40.4. The average molecular weight is 558 g/mol. The summed E-state index contributed by atoms with van der Waals surface area (Å²) < 4.78 is 0. The Morgan fingerprint density at radius 3 is 1.61 bits per heavy atom. The van der Waals surface area contributed by atoms with Gasteiger partial charge in [-0.05, 0) is 50.2 Å². The zero-order valence-corrected chi connectivity index (χ0v) is 22.4.